The van der Waals surface area contributed by atoms with Gasteiger partial charge in [-0.3, -0.25) is 4.68 Å². The van der Waals surface area contributed by atoms with Crippen molar-refractivity contribution in [1.82, 2.24) is 20.3 Å². The van der Waals surface area contributed by atoms with E-state index in [0.717, 1.165) is 17.8 Å². The largest absolute Gasteiger partial charge is 0.392 e. The number of benzene rings is 1. The van der Waals surface area contributed by atoms with Gasteiger partial charge in [-0.15, -0.1) is 5.10 Å². The molecule has 0 radical (unpaired) electrons. The number of nitrogens with zero attached hydrogens (tertiary/aromatic N) is 3. The standard InChI is InChI=1S/C12H16N4O/c1-16-8-12(14-15-16)7-13-6-10-2-4-11(9-17)5-3-10/h2-5,8,13,17H,6-7,9H2,1H3. The van der Waals surface area contributed by atoms with Crippen molar-refractivity contribution >= 4 is 0 Å². The number of hydrogen-bond donors (Lipinski definition) is 2. The third kappa shape index (κ3) is 3.37. The zero-order chi connectivity index (χ0) is 12.1. The Hall–Kier alpha value is -1.72. The quantitative estimate of drug-likeness (QED) is 0.792. The molecule has 0 fully saturated rings. The second-order valence-corrected chi connectivity index (χ2v) is 3.96. The van der Waals surface area contributed by atoms with Crippen LogP contribution in [0.5, 0.6) is 0 Å². The van der Waals surface area contributed by atoms with Crippen molar-refractivity contribution in [3.8, 4) is 0 Å². The maximum Gasteiger partial charge on any atom is 0.0964 e. The van der Waals surface area contributed by atoms with Crippen LogP contribution in [0.4, 0.5) is 0 Å². The van der Waals surface area contributed by atoms with Gasteiger partial charge in [-0.05, 0) is 11.1 Å². The zero-order valence-corrected chi connectivity index (χ0v) is 9.80. The van der Waals surface area contributed by atoms with Gasteiger partial charge in [0.25, 0.3) is 0 Å². The molecule has 0 saturated heterocycles. The summed E-state index contributed by atoms with van der Waals surface area (Å²) in [5.74, 6) is 0. The minimum Gasteiger partial charge on any atom is -0.392 e. The van der Waals surface area contributed by atoms with Crippen molar-refractivity contribution in [2.24, 2.45) is 7.05 Å². The maximum absolute atomic E-state index is 8.92. The zero-order valence-electron chi connectivity index (χ0n) is 9.80. The van der Waals surface area contributed by atoms with Gasteiger partial charge in [0.15, 0.2) is 0 Å². The third-order valence-electron chi connectivity index (χ3n) is 2.49. The maximum atomic E-state index is 8.92. The van der Waals surface area contributed by atoms with E-state index in [1.165, 1.54) is 5.56 Å². The summed E-state index contributed by atoms with van der Waals surface area (Å²) in [6, 6.07) is 7.88. The molecule has 2 N–H and O–H groups in total. The Bertz CT molecular complexity index is 464. The lowest BCUT2D eigenvalue weighted by Crippen LogP contribution is -2.12. The van der Waals surface area contributed by atoms with Crippen LogP contribution in [-0.4, -0.2) is 20.1 Å². The van der Waals surface area contributed by atoms with Gasteiger partial charge in [0, 0.05) is 26.3 Å². The van der Waals surface area contributed by atoms with Crippen molar-refractivity contribution in [3.63, 3.8) is 0 Å². The summed E-state index contributed by atoms with van der Waals surface area (Å²) in [6.07, 6.45) is 1.89. The molecule has 1 aromatic carbocycles. The van der Waals surface area contributed by atoms with Crippen LogP contribution < -0.4 is 5.32 Å². The second-order valence-electron chi connectivity index (χ2n) is 3.96. The van der Waals surface area contributed by atoms with Crippen LogP contribution in [-0.2, 0) is 26.7 Å². The van der Waals surface area contributed by atoms with E-state index in [1.807, 2.05) is 37.5 Å². The average molecular weight is 232 g/mol. The predicted octanol–water partition coefficient (Wildman–Crippen LogP) is 0.597. The molecule has 0 saturated carbocycles. The molecule has 0 amide bonds. The van der Waals surface area contributed by atoms with Crippen molar-refractivity contribution < 1.29 is 5.11 Å². The van der Waals surface area contributed by atoms with E-state index >= 15 is 0 Å². The van der Waals surface area contributed by atoms with E-state index in [1.54, 1.807) is 4.68 Å². The number of hydrogen-bond acceptors (Lipinski definition) is 4. The molecule has 0 bridgehead atoms. The highest BCUT2D eigenvalue weighted by Gasteiger charge is 1.98. The van der Waals surface area contributed by atoms with Gasteiger partial charge in [-0.2, -0.15) is 0 Å². The van der Waals surface area contributed by atoms with Crippen LogP contribution >= 0.6 is 0 Å². The van der Waals surface area contributed by atoms with Gasteiger partial charge in [0.2, 0.25) is 0 Å². The Kier molecular flexibility index (Phi) is 3.85. The number of aliphatic hydroxyl groups excluding tert-OH is 1. The van der Waals surface area contributed by atoms with Gasteiger partial charge in [-0.1, -0.05) is 29.5 Å². The molecule has 0 unspecified atom stereocenters. The lowest BCUT2D eigenvalue weighted by atomic mass is 10.1. The van der Waals surface area contributed by atoms with Gasteiger partial charge in [-0.25, -0.2) is 0 Å². The van der Waals surface area contributed by atoms with Crippen LogP contribution in [0.15, 0.2) is 30.5 Å². The van der Waals surface area contributed by atoms with Gasteiger partial charge < -0.3 is 10.4 Å². The highest BCUT2D eigenvalue weighted by atomic mass is 16.3. The number of aliphatic hydroxyl groups is 1. The highest BCUT2D eigenvalue weighted by Crippen LogP contribution is 2.04. The molecule has 2 aromatic rings. The fourth-order valence-electron chi connectivity index (χ4n) is 1.57. The summed E-state index contributed by atoms with van der Waals surface area (Å²) in [5.41, 5.74) is 3.05. The summed E-state index contributed by atoms with van der Waals surface area (Å²) in [7, 11) is 1.85. The molecule has 1 aromatic heterocycles. The van der Waals surface area contributed by atoms with Crippen molar-refractivity contribution in [2.45, 2.75) is 19.7 Å². The Morgan fingerprint density at radius 2 is 1.88 bits per heavy atom. The van der Waals surface area contributed by atoms with Gasteiger partial charge >= 0.3 is 0 Å². The first-order valence-corrected chi connectivity index (χ1v) is 5.52. The van der Waals surface area contributed by atoms with Crippen LogP contribution in [0.1, 0.15) is 16.8 Å². The molecule has 90 valence electrons. The first-order chi connectivity index (χ1) is 8.28. The predicted molar refractivity (Wildman–Crippen MR) is 63.9 cm³/mol. The fraction of sp³-hybridized carbons (Fsp3) is 0.333. The first kappa shape index (κ1) is 11.8. The fourth-order valence-corrected chi connectivity index (χ4v) is 1.57. The van der Waals surface area contributed by atoms with E-state index in [-0.39, 0.29) is 6.61 Å². The molecule has 0 spiro atoms. The van der Waals surface area contributed by atoms with Crippen molar-refractivity contribution in [3.05, 3.63) is 47.3 Å². The number of nitrogens with one attached hydrogen (secondary N) is 1. The van der Waals surface area contributed by atoms with E-state index in [4.69, 9.17) is 5.11 Å². The van der Waals surface area contributed by atoms with Crippen molar-refractivity contribution in [2.75, 3.05) is 0 Å². The molecule has 2 rings (SSSR count). The van der Waals surface area contributed by atoms with Crippen LogP contribution in [0.2, 0.25) is 0 Å². The summed E-state index contributed by atoms with van der Waals surface area (Å²) >= 11 is 0. The smallest absolute Gasteiger partial charge is 0.0964 e. The summed E-state index contributed by atoms with van der Waals surface area (Å²) in [4.78, 5) is 0. The van der Waals surface area contributed by atoms with E-state index in [0.29, 0.717) is 6.54 Å². The Morgan fingerprint density at radius 1 is 1.18 bits per heavy atom. The number of aromatic nitrogens is 3. The molecule has 0 aliphatic heterocycles. The minimum absolute atomic E-state index is 0.0906. The van der Waals surface area contributed by atoms with E-state index < -0.39 is 0 Å². The number of rotatable bonds is 5. The number of aryl methyl sites for hydroxylation is 1. The molecule has 17 heavy (non-hydrogen) atoms. The third-order valence-corrected chi connectivity index (χ3v) is 2.49. The lowest BCUT2D eigenvalue weighted by Gasteiger charge is -2.03. The Balaban J connectivity index is 1.81. The summed E-state index contributed by atoms with van der Waals surface area (Å²) < 4.78 is 1.69. The summed E-state index contributed by atoms with van der Waals surface area (Å²) in [5, 5.41) is 20.1. The normalized spacial score (nSPS) is 10.7. The van der Waals surface area contributed by atoms with E-state index in [9.17, 15) is 0 Å². The van der Waals surface area contributed by atoms with E-state index in [2.05, 4.69) is 15.6 Å². The molecule has 5 heteroatoms. The van der Waals surface area contributed by atoms with Crippen LogP contribution in [0.25, 0.3) is 0 Å². The molecule has 0 atom stereocenters. The van der Waals surface area contributed by atoms with Crippen molar-refractivity contribution in [1.29, 1.82) is 0 Å². The molecular formula is C12H16N4O. The molecule has 0 aliphatic rings. The second kappa shape index (κ2) is 5.56. The van der Waals surface area contributed by atoms with Crippen LogP contribution in [0, 0.1) is 0 Å². The van der Waals surface area contributed by atoms with Crippen LogP contribution in [0.3, 0.4) is 0 Å². The highest BCUT2D eigenvalue weighted by molar-refractivity contribution is 5.21. The Morgan fingerprint density at radius 3 is 2.47 bits per heavy atom. The van der Waals surface area contributed by atoms with Gasteiger partial charge in [0.05, 0.1) is 12.3 Å². The molecule has 1 heterocycles. The lowest BCUT2D eigenvalue weighted by molar-refractivity contribution is 0.282. The average Bonchev–Trinajstić information content (AvgIpc) is 2.76. The van der Waals surface area contributed by atoms with Gasteiger partial charge in [0.1, 0.15) is 0 Å². The SMILES string of the molecule is Cn1cc(CNCc2ccc(CO)cc2)nn1. The first-order valence-electron chi connectivity index (χ1n) is 5.52. The molecule has 5 nitrogen and oxygen atoms in total. The monoisotopic (exact) mass is 232 g/mol. The topological polar surface area (TPSA) is 63.0 Å². The minimum atomic E-state index is 0.0906. The molecule has 0 aliphatic carbocycles. The Labute approximate surface area is 100 Å². The summed E-state index contributed by atoms with van der Waals surface area (Å²) in [6.45, 7) is 1.57. The molecular weight excluding hydrogens is 216 g/mol.